The van der Waals surface area contributed by atoms with Crippen molar-refractivity contribution >= 4 is 23.0 Å². The molecule has 0 amide bonds. The summed E-state index contributed by atoms with van der Waals surface area (Å²) in [6.07, 6.45) is 0. The first kappa shape index (κ1) is 13.5. The lowest BCUT2D eigenvalue weighted by Crippen LogP contribution is -2.21. The van der Waals surface area contributed by atoms with Gasteiger partial charge in [0.2, 0.25) is 0 Å². The summed E-state index contributed by atoms with van der Waals surface area (Å²) in [7, 11) is 1.51. The van der Waals surface area contributed by atoms with Crippen LogP contribution in [0.15, 0.2) is 52.7 Å². The van der Waals surface area contributed by atoms with Crippen molar-refractivity contribution in [1.82, 2.24) is 0 Å². The number of carbonyl (C=O) groups excluding carboxylic acids is 1. The molecule has 2 rings (SSSR count). The van der Waals surface area contributed by atoms with Crippen LogP contribution in [0, 0.1) is 0 Å². The van der Waals surface area contributed by atoms with Gasteiger partial charge in [0.05, 0.1) is 30.1 Å². The molecule has 0 bridgehead atoms. The van der Waals surface area contributed by atoms with Gasteiger partial charge in [-0.25, -0.2) is 0 Å². The Morgan fingerprint density at radius 3 is 2.50 bits per heavy atom. The smallest absolute Gasteiger partial charge is 0.143 e. The molecule has 20 heavy (non-hydrogen) atoms. The SMILES string of the molecule is COc1cc(N=Nc2cccc(C(=O)[O-])c2)ccc1N. The highest BCUT2D eigenvalue weighted by molar-refractivity contribution is 5.86. The molecular formula is C14H12N3O3-. The lowest BCUT2D eigenvalue weighted by Gasteiger charge is -2.04. The minimum absolute atomic E-state index is 0.0522. The van der Waals surface area contributed by atoms with Crippen LogP contribution in [0.2, 0.25) is 0 Å². The molecule has 6 nitrogen and oxygen atoms in total. The number of ether oxygens (including phenoxy) is 1. The van der Waals surface area contributed by atoms with Crippen LogP contribution in [0.5, 0.6) is 5.75 Å². The van der Waals surface area contributed by atoms with Gasteiger partial charge in [-0.05, 0) is 29.8 Å². The molecule has 0 aliphatic rings. The summed E-state index contributed by atoms with van der Waals surface area (Å²) in [5.74, 6) is -0.749. The zero-order chi connectivity index (χ0) is 14.5. The Kier molecular flexibility index (Phi) is 3.95. The number of carbonyl (C=O) groups is 1. The van der Waals surface area contributed by atoms with Crippen molar-refractivity contribution in [3.8, 4) is 5.75 Å². The second kappa shape index (κ2) is 5.83. The minimum Gasteiger partial charge on any atom is -0.545 e. The lowest BCUT2D eigenvalue weighted by molar-refractivity contribution is -0.255. The number of aromatic carboxylic acids is 1. The second-order valence-corrected chi connectivity index (χ2v) is 3.96. The quantitative estimate of drug-likeness (QED) is 0.678. The van der Waals surface area contributed by atoms with Gasteiger partial charge in [0.15, 0.2) is 0 Å². The zero-order valence-corrected chi connectivity index (χ0v) is 10.7. The van der Waals surface area contributed by atoms with Gasteiger partial charge in [-0.3, -0.25) is 0 Å². The largest absolute Gasteiger partial charge is 0.545 e. The third kappa shape index (κ3) is 3.11. The van der Waals surface area contributed by atoms with E-state index in [1.165, 1.54) is 19.2 Å². The number of nitrogens with two attached hydrogens (primary N) is 1. The molecule has 0 aliphatic heterocycles. The molecule has 0 unspecified atom stereocenters. The predicted octanol–water partition coefficient (Wildman–Crippen LogP) is 2.06. The number of anilines is 1. The average Bonchev–Trinajstić information content (AvgIpc) is 2.46. The normalized spacial score (nSPS) is 10.7. The third-order valence-corrected chi connectivity index (χ3v) is 2.58. The molecule has 6 heteroatoms. The molecule has 0 spiro atoms. The van der Waals surface area contributed by atoms with Crippen LogP contribution in [0.4, 0.5) is 17.1 Å². The summed E-state index contributed by atoms with van der Waals surface area (Å²) < 4.78 is 5.08. The number of hydrogen-bond donors (Lipinski definition) is 1. The maximum atomic E-state index is 10.7. The number of carboxylic acids is 1. The van der Waals surface area contributed by atoms with E-state index < -0.39 is 5.97 Å². The van der Waals surface area contributed by atoms with Crippen LogP contribution in [0.1, 0.15) is 10.4 Å². The van der Waals surface area contributed by atoms with Crippen LogP contribution < -0.4 is 15.6 Å². The fourth-order valence-corrected chi connectivity index (χ4v) is 1.57. The van der Waals surface area contributed by atoms with Crippen molar-refractivity contribution in [3.63, 3.8) is 0 Å². The van der Waals surface area contributed by atoms with Crippen LogP contribution >= 0.6 is 0 Å². The monoisotopic (exact) mass is 270 g/mol. The van der Waals surface area contributed by atoms with E-state index in [1.807, 2.05) is 0 Å². The Morgan fingerprint density at radius 2 is 1.85 bits per heavy atom. The number of nitrogen functional groups attached to an aromatic ring is 1. The number of benzene rings is 2. The first-order valence-corrected chi connectivity index (χ1v) is 5.77. The number of azo groups is 1. The van der Waals surface area contributed by atoms with Crippen LogP contribution in [0.3, 0.4) is 0 Å². The molecule has 0 heterocycles. The second-order valence-electron chi connectivity index (χ2n) is 3.96. The predicted molar refractivity (Wildman–Crippen MR) is 72.4 cm³/mol. The Balaban J connectivity index is 2.25. The van der Waals surface area contributed by atoms with Crippen LogP contribution in [-0.2, 0) is 0 Å². The van der Waals surface area contributed by atoms with Crippen molar-refractivity contribution < 1.29 is 14.6 Å². The fraction of sp³-hybridized carbons (Fsp3) is 0.0714. The molecule has 0 aliphatic carbocycles. The summed E-state index contributed by atoms with van der Waals surface area (Å²) in [6.45, 7) is 0. The van der Waals surface area contributed by atoms with Gasteiger partial charge in [0.25, 0.3) is 0 Å². The van der Waals surface area contributed by atoms with Gasteiger partial charge >= 0.3 is 0 Å². The number of methoxy groups -OCH3 is 1. The third-order valence-electron chi connectivity index (χ3n) is 2.58. The first-order valence-electron chi connectivity index (χ1n) is 5.77. The highest BCUT2D eigenvalue weighted by Gasteiger charge is 2.00. The summed E-state index contributed by atoms with van der Waals surface area (Å²) in [5.41, 5.74) is 7.22. The van der Waals surface area contributed by atoms with Gasteiger partial charge in [-0.2, -0.15) is 10.2 Å². The Bertz CT molecular complexity index is 668. The van der Waals surface area contributed by atoms with Crippen LogP contribution in [-0.4, -0.2) is 13.1 Å². The van der Waals surface area contributed by atoms with E-state index in [0.29, 0.717) is 22.8 Å². The number of carboxylic acid groups (broad SMARTS) is 1. The molecular weight excluding hydrogens is 258 g/mol. The van der Waals surface area contributed by atoms with Gasteiger partial charge < -0.3 is 20.4 Å². The molecule has 102 valence electrons. The number of hydrogen-bond acceptors (Lipinski definition) is 6. The highest BCUT2D eigenvalue weighted by Crippen LogP contribution is 2.28. The maximum absolute atomic E-state index is 10.7. The Morgan fingerprint density at radius 1 is 1.15 bits per heavy atom. The number of nitrogens with zero attached hydrogens (tertiary/aromatic N) is 2. The minimum atomic E-state index is -1.25. The molecule has 0 aromatic heterocycles. The van der Waals surface area contributed by atoms with E-state index in [-0.39, 0.29) is 5.56 Å². The lowest BCUT2D eigenvalue weighted by atomic mass is 10.2. The van der Waals surface area contributed by atoms with Crippen molar-refractivity contribution in [2.75, 3.05) is 12.8 Å². The van der Waals surface area contributed by atoms with Gasteiger partial charge in [0.1, 0.15) is 5.75 Å². The molecule has 0 saturated heterocycles. The summed E-state index contributed by atoms with van der Waals surface area (Å²) >= 11 is 0. The van der Waals surface area contributed by atoms with E-state index in [9.17, 15) is 9.90 Å². The van der Waals surface area contributed by atoms with Crippen LogP contribution in [0.25, 0.3) is 0 Å². The maximum Gasteiger partial charge on any atom is 0.143 e. The fourth-order valence-electron chi connectivity index (χ4n) is 1.57. The Hall–Kier alpha value is -2.89. The van der Waals surface area contributed by atoms with Gasteiger partial charge in [-0.1, -0.05) is 12.1 Å². The van der Waals surface area contributed by atoms with Crippen molar-refractivity contribution in [1.29, 1.82) is 0 Å². The molecule has 0 fully saturated rings. The molecule has 2 N–H and O–H groups in total. The topological polar surface area (TPSA) is 100 Å². The molecule has 0 radical (unpaired) electrons. The zero-order valence-electron chi connectivity index (χ0n) is 10.7. The van der Waals surface area contributed by atoms with Crippen molar-refractivity contribution in [2.24, 2.45) is 10.2 Å². The summed E-state index contributed by atoms with van der Waals surface area (Å²) in [5, 5.41) is 18.7. The summed E-state index contributed by atoms with van der Waals surface area (Å²) in [4.78, 5) is 10.7. The standard InChI is InChI=1S/C14H13N3O3/c1-20-13-8-11(5-6-12(13)15)17-16-10-4-2-3-9(7-10)14(18)19/h2-8H,15H2,1H3,(H,18,19)/p-1. The first-order chi connectivity index (χ1) is 9.60. The van der Waals surface area contributed by atoms with Crippen molar-refractivity contribution in [3.05, 3.63) is 48.0 Å². The van der Waals surface area contributed by atoms with E-state index in [4.69, 9.17) is 10.5 Å². The van der Waals surface area contributed by atoms with E-state index in [1.54, 1.807) is 30.3 Å². The van der Waals surface area contributed by atoms with E-state index >= 15 is 0 Å². The number of rotatable bonds is 4. The highest BCUT2D eigenvalue weighted by atomic mass is 16.5. The Labute approximate surface area is 115 Å². The van der Waals surface area contributed by atoms with E-state index in [0.717, 1.165) is 0 Å². The van der Waals surface area contributed by atoms with Crippen molar-refractivity contribution in [2.45, 2.75) is 0 Å². The van der Waals surface area contributed by atoms with Gasteiger partial charge in [0, 0.05) is 6.07 Å². The average molecular weight is 270 g/mol. The molecule has 0 saturated carbocycles. The van der Waals surface area contributed by atoms with Gasteiger partial charge in [-0.15, -0.1) is 0 Å². The molecule has 2 aromatic rings. The molecule has 0 atom stereocenters. The van der Waals surface area contributed by atoms with E-state index in [2.05, 4.69) is 10.2 Å². The molecule has 2 aromatic carbocycles. The summed E-state index contributed by atoms with van der Waals surface area (Å²) in [6, 6.07) is 11.0.